The van der Waals surface area contributed by atoms with E-state index in [-0.39, 0.29) is 11.9 Å². The van der Waals surface area contributed by atoms with Crippen LogP contribution in [0, 0.1) is 0 Å². The van der Waals surface area contributed by atoms with Gasteiger partial charge in [0.15, 0.2) is 0 Å². The van der Waals surface area contributed by atoms with Crippen molar-refractivity contribution in [2.75, 3.05) is 26.7 Å². The second-order valence-electron chi connectivity index (χ2n) is 6.97. The first-order chi connectivity index (χ1) is 14.1. The minimum absolute atomic E-state index is 0.0292. The Hall–Kier alpha value is -3.06. The molecule has 0 aliphatic carbocycles. The van der Waals surface area contributed by atoms with Crippen LogP contribution in [0.25, 0.3) is 0 Å². The molecule has 150 valence electrons. The molecule has 3 amide bonds. The Bertz CT molecular complexity index is 967. The molecule has 1 aromatic carbocycles. The molecule has 1 N–H and O–H groups in total. The first kappa shape index (κ1) is 19.3. The average molecular weight is 410 g/mol. The normalized spacial score (nSPS) is 18.7. The summed E-state index contributed by atoms with van der Waals surface area (Å²) in [6.07, 6.45) is 2.48. The molecule has 0 bridgehead atoms. The molecule has 1 unspecified atom stereocenters. The Labute approximate surface area is 174 Å². The molecule has 0 radical (unpaired) electrons. The lowest BCUT2D eigenvalue weighted by Gasteiger charge is -2.33. The van der Waals surface area contributed by atoms with Crippen LogP contribution in [0.15, 0.2) is 65.7 Å². The van der Waals surface area contributed by atoms with Crippen LogP contribution < -0.4 is 10.1 Å². The number of nitrogens with one attached hydrogen (secondary N) is 1. The molecule has 2 aliphatic rings. The molecular weight excluding hydrogens is 386 g/mol. The molecule has 1 atom stereocenters. The third-order valence-corrected chi connectivity index (χ3v) is 6.18. The number of ether oxygens (including phenoxy) is 1. The van der Waals surface area contributed by atoms with Gasteiger partial charge in [-0.15, -0.1) is 17.9 Å². The van der Waals surface area contributed by atoms with Crippen molar-refractivity contribution in [3.05, 3.63) is 76.1 Å². The number of amides is 3. The summed E-state index contributed by atoms with van der Waals surface area (Å²) < 4.78 is 5.32. The smallest absolute Gasteiger partial charge is 0.322 e. The molecule has 29 heavy (non-hydrogen) atoms. The number of urea groups is 1. The number of hydrogen-bond donors (Lipinski definition) is 1. The zero-order valence-electron chi connectivity index (χ0n) is 16.3. The van der Waals surface area contributed by atoms with E-state index in [1.54, 1.807) is 29.4 Å². The van der Waals surface area contributed by atoms with Gasteiger partial charge in [0.2, 0.25) is 0 Å². The van der Waals surface area contributed by atoms with Crippen LogP contribution in [0.1, 0.15) is 16.5 Å². The highest BCUT2D eigenvalue weighted by molar-refractivity contribution is 7.09. The van der Waals surface area contributed by atoms with Crippen molar-refractivity contribution in [1.82, 2.24) is 15.1 Å². The predicted molar refractivity (Wildman–Crippen MR) is 113 cm³/mol. The van der Waals surface area contributed by atoms with Gasteiger partial charge in [-0.1, -0.05) is 24.3 Å². The van der Waals surface area contributed by atoms with E-state index < -0.39 is 6.04 Å². The van der Waals surface area contributed by atoms with E-state index in [1.165, 1.54) is 4.88 Å². The van der Waals surface area contributed by atoms with Crippen molar-refractivity contribution < 1.29 is 14.3 Å². The van der Waals surface area contributed by atoms with E-state index in [0.717, 1.165) is 17.7 Å². The predicted octanol–water partition coefficient (Wildman–Crippen LogP) is 3.35. The highest BCUT2D eigenvalue weighted by Gasteiger charge is 2.43. The second kappa shape index (κ2) is 8.13. The minimum Gasteiger partial charge on any atom is -0.497 e. The number of nitrogens with zero attached hydrogens (tertiary/aromatic N) is 2. The van der Waals surface area contributed by atoms with Crippen molar-refractivity contribution in [2.45, 2.75) is 12.5 Å². The van der Waals surface area contributed by atoms with Crippen molar-refractivity contribution in [1.29, 1.82) is 0 Å². The van der Waals surface area contributed by atoms with Gasteiger partial charge in [0, 0.05) is 18.0 Å². The first-order valence-corrected chi connectivity index (χ1v) is 10.4. The summed E-state index contributed by atoms with van der Waals surface area (Å²) >= 11 is 1.69. The maximum absolute atomic E-state index is 13.3. The first-order valence-electron chi connectivity index (χ1n) is 9.50. The van der Waals surface area contributed by atoms with Gasteiger partial charge < -0.3 is 15.0 Å². The zero-order valence-corrected chi connectivity index (χ0v) is 17.1. The fraction of sp³-hybridized carbons (Fsp3) is 0.273. The molecule has 3 heterocycles. The van der Waals surface area contributed by atoms with E-state index in [2.05, 4.69) is 18.0 Å². The number of carbonyl (C=O) groups excluding carboxylic acids is 2. The number of hydrogen-bond acceptors (Lipinski definition) is 4. The maximum Gasteiger partial charge on any atom is 0.322 e. The third kappa shape index (κ3) is 3.65. The lowest BCUT2D eigenvalue weighted by molar-refractivity contribution is -0.125. The molecule has 4 rings (SSSR count). The molecule has 7 heteroatoms. The van der Waals surface area contributed by atoms with Crippen LogP contribution >= 0.6 is 11.3 Å². The lowest BCUT2D eigenvalue weighted by Crippen LogP contribution is -2.47. The van der Waals surface area contributed by atoms with E-state index in [1.807, 2.05) is 40.6 Å². The monoisotopic (exact) mass is 409 g/mol. The van der Waals surface area contributed by atoms with E-state index in [0.29, 0.717) is 31.0 Å². The minimum atomic E-state index is -0.493. The van der Waals surface area contributed by atoms with Gasteiger partial charge in [-0.05, 0) is 35.6 Å². The second-order valence-corrected chi connectivity index (χ2v) is 8.01. The molecule has 0 saturated heterocycles. The Morgan fingerprint density at radius 3 is 2.90 bits per heavy atom. The fourth-order valence-electron chi connectivity index (χ4n) is 3.82. The summed E-state index contributed by atoms with van der Waals surface area (Å²) in [5.74, 6) is 0.658. The number of benzene rings is 1. The number of rotatable bonds is 7. The topological polar surface area (TPSA) is 61.9 Å². The fourth-order valence-corrected chi connectivity index (χ4v) is 4.52. The Balaban J connectivity index is 1.66. The summed E-state index contributed by atoms with van der Waals surface area (Å²) in [6.45, 7) is 5.17. The number of methoxy groups -OCH3 is 1. The average Bonchev–Trinajstić information content (AvgIpc) is 3.36. The van der Waals surface area contributed by atoms with Gasteiger partial charge in [-0.3, -0.25) is 9.69 Å². The molecule has 1 aromatic heterocycles. The molecular formula is C22H23N3O3S. The van der Waals surface area contributed by atoms with Crippen LogP contribution in [0.4, 0.5) is 4.79 Å². The van der Waals surface area contributed by atoms with E-state index in [9.17, 15) is 9.59 Å². The summed E-state index contributed by atoms with van der Waals surface area (Å²) in [5, 5.41) is 5.03. The highest BCUT2D eigenvalue weighted by Crippen LogP contribution is 2.37. The SMILES string of the molecule is C=CCN1C(=O)NC(c2cccc(OC)c2)C2=C1CN(CCc1cccs1)C2=O. The summed E-state index contributed by atoms with van der Waals surface area (Å²) in [4.78, 5) is 30.8. The highest BCUT2D eigenvalue weighted by atomic mass is 32.1. The van der Waals surface area contributed by atoms with E-state index >= 15 is 0 Å². The van der Waals surface area contributed by atoms with E-state index in [4.69, 9.17) is 4.74 Å². The largest absolute Gasteiger partial charge is 0.497 e. The molecule has 0 saturated carbocycles. The van der Waals surface area contributed by atoms with Gasteiger partial charge in [-0.2, -0.15) is 0 Å². The lowest BCUT2D eigenvalue weighted by atomic mass is 9.95. The van der Waals surface area contributed by atoms with Crippen LogP contribution in [-0.2, 0) is 11.2 Å². The Morgan fingerprint density at radius 1 is 1.31 bits per heavy atom. The Kier molecular flexibility index (Phi) is 5.40. The van der Waals surface area contributed by atoms with Gasteiger partial charge in [0.05, 0.1) is 31.0 Å². The maximum atomic E-state index is 13.3. The van der Waals surface area contributed by atoms with Crippen molar-refractivity contribution in [3.8, 4) is 5.75 Å². The van der Waals surface area contributed by atoms with Crippen LogP contribution in [-0.4, -0.2) is 48.5 Å². The molecule has 6 nitrogen and oxygen atoms in total. The van der Waals surface area contributed by atoms with Gasteiger partial charge >= 0.3 is 6.03 Å². The summed E-state index contributed by atoms with van der Waals surface area (Å²) in [7, 11) is 1.60. The third-order valence-electron chi connectivity index (χ3n) is 5.24. The van der Waals surface area contributed by atoms with Gasteiger partial charge in [0.1, 0.15) is 5.75 Å². The molecule has 0 fully saturated rings. The molecule has 2 aliphatic heterocycles. The van der Waals surface area contributed by atoms with Crippen molar-refractivity contribution in [3.63, 3.8) is 0 Å². The summed E-state index contributed by atoms with van der Waals surface area (Å²) in [6, 6.07) is 10.9. The standard InChI is InChI=1S/C22H23N3O3S/c1-3-10-25-18-14-24(11-9-17-8-5-12-29-17)21(26)19(18)20(23-22(25)27)15-6-4-7-16(13-15)28-2/h3-8,12-13,20H,1,9-11,14H2,2H3,(H,23,27). The molecule has 2 aromatic rings. The number of carbonyl (C=O) groups is 2. The van der Waals surface area contributed by atoms with Crippen LogP contribution in [0.3, 0.4) is 0 Å². The quantitative estimate of drug-likeness (QED) is 0.714. The zero-order chi connectivity index (χ0) is 20.4. The van der Waals surface area contributed by atoms with Gasteiger partial charge in [-0.25, -0.2) is 4.79 Å². The van der Waals surface area contributed by atoms with Crippen molar-refractivity contribution >= 4 is 23.3 Å². The van der Waals surface area contributed by atoms with Crippen molar-refractivity contribution in [2.24, 2.45) is 0 Å². The van der Waals surface area contributed by atoms with Gasteiger partial charge in [0.25, 0.3) is 5.91 Å². The Morgan fingerprint density at radius 2 is 2.17 bits per heavy atom. The van der Waals surface area contributed by atoms with Crippen LogP contribution in [0.2, 0.25) is 0 Å². The van der Waals surface area contributed by atoms with Crippen LogP contribution in [0.5, 0.6) is 5.75 Å². The number of thiophene rings is 1. The molecule has 0 spiro atoms. The summed E-state index contributed by atoms with van der Waals surface area (Å²) in [5.41, 5.74) is 2.22.